The molecule has 0 spiro atoms. The Kier molecular flexibility index (Phi) is 5.97. The third-order valence-corrected chi connectivity index (χ3v) is 5.75. The number of carbonyl (C=O) groups is 2. The first-order valence-electron chi connectivity index (χ1n) is 8.15. The van der Waals surface area contributed by atoms with Gasteiger partial charge in [0.05, 0.1) is 0 Å². The summed E-state index contributed by atoms with van der Waals surface area (Å²) in [5.41, 5.74) is 0. The van der Waals surface area contributed by atoms with Gasteiger partial charge in [0, 0.05) is 24.3 Å². The van der Waals surface area contributed by atoms with Crippen molar-refractivity contribution in [1.82, 2.24) is 10.2 Å². The summed E-state index contributed by atoms with van der Waals surface area (Å²) >= 11 is 1.90. The Labute approximate surface area is 132 Å². The van der Waals surface area contributed by atoms with Crippen LogP contribution in [-0.4, -0.2) is 46.8 Å². The largest absolute Gasteiger partial charge is 0.352 e. The molecular formula is C16H28N2O2S. The molecule has 1 saturated heterocycles. The fourth-order valence-electron chi connectivity index (χ4n) is 3.54. The number of nitrogens with zero attached hydrogens (tertiary/aromatic N) is 1. The predicted octanol–water partition coefficient (Wildman–Crippen LogP) is 2.42. The Balaban J connectivity index is 1.97. The van der Waals surface area contributed by atoms with E-state index in [1.54, 1.807) is 4.90 Å². The van der Waals surface area contributed by atoms with Crippen LogP contribution in [0.2, 0.25) is 0 Å². The molecule has 5 heteroatoms. The summed E-state index contributed by atoms with van der Waals surface area (Å²) in [6.07, 6.45) is 8.20. The van der Waals surface area contributed by atoms with Gasteiger partial charge in [-0.05, 0) is 37.9 Å². The molecule has 2 fully saturated rings. The number of nitrogens with one attached hydrogen (secondary N) is 1. The fraction of sp³-hybridized carbons (Fsp3) is 0.875. The lowest BCUT2D eigenvalue weighted by Crippen LogP contribution is -2.53. The average Bonchev–Trinajstić information content (AvgIpc) is 2.85. The van der Waals surface area contributed by atoms with Crippen molar-refractivity contribution in [2.24, 2.45) is 5.92 Å². The van der Waals surface area contributed by atoms with Crippen molar-refractivity contribution >= 4 is 23.6 Å². The van der Waals surface area contributed by atoms with Crippen LogP contribution >= 0.6 is 11.8 Å². The molecule has 0 bridgehead atoms. The molecule has 0 aromatic heterocycles. The number of carbonyl (C=O) groups excluding carboxylic acids is 2. The third-order valence-electron chi connectivity index (χ3n) is 4.65. The van der Waals surface area contributed by atoms with Gasteiger partial charge < -0.3 is 10.2 Å². The van der Waals surface area contributed by atoms with Crippen molar-refractivity contribution in [3.8, 4) is 0 Å². The molecule has 0 aromatic rings. The first-order chi connectivity index (χ1) is 10.0. The Bertz CT molecular complexity index is 386. The molecule has 1 saturated carbocycles. The monoisotopic (exact) mass is 312 g/mol. The minimum atomic E-state index is -0.297. The van der Waals surface area contributed by atoms with E-state index in [1.807, 2.05) is 25.6 Å². The second kappa shape index (κ2) is 7.52. The quantitative estimate of drug-likeness (QED) is 0.848. The highest BCUT2D eigenvalue weighted by Gasteiger charge is 2.36. The molecule has 1 heterocycles. The molecule has 0 radical (unpaired) electrons. The molecule has 4 nitrogen and oxygen atoms in total. The minimum Gasteiger partial charge on any atom is -0.352 e. The van der Waals surface area contributed by atoms with E-state index >= 15 is 0 Å². The second-order valence-corrected chi connectivity index (χ2v) is 7.75. The van der Waals surface area contributed by atoms with Gasteiger partial charge in [-0.2, -0.15) is 11.8 Å². The maximum absolute atomic E-state index is 12.7. The van der Waals surface area contributed by atoms with Gasteiger partial charge >= 0.3 is 0 Å². The molecule has 3 unspecified atom stereocenters. The first-order valence-corrected chi connectivity index (χ1v) is 9.44. The zero-order chi connectivity index (χ0) is 15.4. The second-order valence-electron chi connectivity index (χ2n) is 6.61. The summed E-state index contributed by atoms with van der Waals surface area (Å²) < 4.78 is 0. The van der Waals surface area contributed by atoms with Crippen LogP contribution in [0.3, 0.4) is 0 Å². The van der Waals surface area contributed by atoms with Gasteiger partial charge in [-0.3, -0.25) is 9.59 Å². The van der Waals surface area contributed by atoms with Crippen molar-refractivity contribution < 1.29 is 9.59 Å². The Morgan fingerprint density at radius 3 is 2.67 bits per heavy atom. The summed E-state index contributed by atoms with van der Waals surface area (Å²) in [7, 11) is 0. The summed E-state index contributed by atoms with van der Waals surface area (Å²) in [4.78, 5) is 26.4. The van der Waals surface area contributed by atoms with Gasteiger partial charge in [0.15, 0.2) is 0 Å². The van der Waals surface area contributed by atoms with Crippen LogP contribution in [0.4, 0.5) is 0 Å². The smallest absolute Gasteiger partial charge is 0.243 e. The summed E-state index contributed by atoms with van der Waals surface area (Å²) in [5.74, 6) is 0.341. The lowest BCUT2D eigenvalue weighted by atomic mass is 9.93. The molecule has 1 aliphatic heterocycles. The van der Waals surface area contributed by atoms with Gasteiger partial charge in [-0.15, -0.1) is 0 Å². The number of rotatable bonds is 5. The van der Waals surface area contributed by atoms with E-state index in [2.05, 4.69) is 11.6 Å². The van der Waals surface area contributed by atoms with Crippen LogP contribution < -0.4 is 5.32 Å². The molecule has 21 heavy (non-hydrogen) atoms. The Hall–Kier alpha value is -0.710. The predicted molar refractivity (Wildman–Crippen MR) is 87.3 cm³/mol. The van der Waals surface area contributed by atoms with Crippen molar-refractivity contribution in [3.05, 3.63) is 0 Å². The fourth-order valence-corrected chi connectivity index (χ4v) is 4.37. The van der Waals surface area contributed by atoms with Crippen molar-refractivity contribution in [2.75, 3.05) is 12.8 Å². The Morgan fingerprint density at radius 2 is 2.10 bits per heavy atom. The van der Waals surface area contributed by atoms with Gasteiger partial charge in [0.25, 0.3) is 0 Å². The summed E-state index contributed by atoms with van der Waals surface area (Å²) in [6, 6.07) is -0.0164. The normalized spacial score (nSPS) is 28.0. The summed E-state index contributed by atoms with van der Waals surface area (Å²) in [5, 5.41) is 3.88. The van der Waals surface area contributed by atoms with Gasteiger partial charge in [-0.25, -0.2) is 0 Å². The lowest BCUT2D eigenvalue weighted by Gasteiger charge is -2.34. The van der Waals surface area contributed by atoms with E-state index in [1.165, 1.54) is 12.8 Å². The molecule has 0 aromatic carbocycles. The van der Waals surface area contributed by atoms with E-state index in [-0.39, 0.29) is 29.8 Å². The van der Waals surface area contributed by atoms with Gasteiger partial charge in [-0.1, -0.05) is 20.3 Å². The van der Waals surface area contributed by atoms with E-state index in [0.717, 1.165) is 25.8 Å². The highest BCUT2D eigenvalue weighted by Crippen LogP contribution is 2.27. The number of likely N-dealkylation sites (tertiary alicyclic amines) is 1. The van der Waals surface area contributed by atoms with Crippen LogP contribution in [-0.2, 0) is 9.59 Å². The zero-order valence-electron chi connectivity index (χ0n) is 13.4. The van der Waals surface area contributed by atoms with Crippen LogP contribution in [0.5, 0.6) is 0 Å². The van der Waals surface area contributed by atoms with Crippen LogP contribution in [0.25, 0.3) is 0 Å². The lowest BCUT2D eigenvalue weighted by molar-refractivity contribution is -0.139. The van der Waals surface area contributed by atoms with E-state index < -0.39 is 0 Å². The van der Waals surface area contributed by atoms with Gasteiger partial charge in [0.1, 0.15) is 6.04 Å². The highest BCUT2D eigenvalue weighted by atomic mass is 32.2. The first kappa shape index (κ1) is 16.7. The molecule has 120 valence electrons. The number of thioether (sulfide) groups is 1. The third kappa shape index (κ3) is 4.15. The zero-order valence-corrected chi connectivity index (χ0v) is 14.2. The molecule has 3 atom stereocenters. The number of hydrogen-bond acceptors (Lipinski definition) is 3. The molecular weight excluding hydrogens is 284 g/mol. The molecule has 2 amide bonds. The van der Waals surface area contributed by atoms with Crippen LogP contribution in [0, 0.1) is 5.92 Å². The van der Waals surface area contributed by atoms with E-state index in [9.17, 15) is 9.59 Å². The molecule has 1 aliphatic carbocycles. The van der Waals surface area contributed by atoms with Crippen molar-refractivity contribution in [2.45, 2.75) is 69.7 Å². The van der Waals surface area contributed by atoms with Crippen molar-refractivity contribution in [1.29, 1.82) is 0 Å². The standard InChI is InChI=1S/C16H28N2O2S/c1-11(2)15(18-9-5-8-14(18)19)16(20)17-12-6-4-7-13(10-12)21-3/h11-13,15H,4-10H2,1-3H3,(H,17,20). The van der Waals surface area contributed by atoms with Gasteiger partial charge in [0.2, 0.25) is 11.8 Å². The van der Waals surface area contributed by atoms with E-state index in [4.69, 9.17) is 0 Å². The van der Waals surface area contributed by atoms with E-state index in [0.29, 0.717) is 11.7 Å². The summed E-state index contributed by atoms with van der Waals surface area (Å²) in [6.45, 7) is 4.79. The maximum Gasteiger partial charge on any atom is 0.243 e. The molecule has 2 aliphatic rings. The SMILES string of the molecule is CSC1CCCC(NC(=O)C(C(C)C)N2CCCC2=O)C1. The minimum absolute atomic E-state index is 0.0482. The van der Waals surface area contributed by atoms with Crippen LogP contribution in [0.1, 0.15) is 52.4 Å². The Morgan fingerprint density at radius 1 is 1.33 bits per heavy atom. The highest BCUT2D eigenvalue weighted by molar-refractivity contribution is 7.99. The van der Waals surface area contributed by atoms with Crippen LogP contribution in [0.15, 0.2) is 0 Å². The molecule has 2 rings (SSSR count). The maximum atomic E-state index is 12.7. The topological polar surface area (TPSA) is 49.4 Å². The molecule has 1 N–H and O–H groups in total. The number of amides is 2. The number of hydrogen-bond donors (Lipinski definition) is 1. The average molecular weight is 312 g/mol. The van der Waals surface area contributed by atoms with Crippen molar-refractivity contribution in [3.63, 3.8) is 0 Å².